The zero-order chi connectivity index (χ0) is 12.7. The molecule has 2 heterocycles. The van der Waals surface area contributed by atoms with Crippen molar-refractivity contribution < 1.29 is 0 Å². The lowest BCUT2D eigenvalue weighted by Gasteiger charge is -2.04. The van der Waals surface area contributed by atoms with Gasteiger partial charge in [-0.2, -0.15) is 5.10 Å². The van der Waals surface area contributed by atoms with Gasteiger partial charge in [0.15, 0.2) is 0 Å². The molecule has 0 saturated heterocycles. The Morgan fingerprint density at radius 3 is 2.72 bits per heavy atom. The van der Waals surface area contributed by atoms with Crippen LogP contribution in [0.25, 0.3) is 0 Å². The summed E-state index contributed by atoms with van der Waals surface area (Å²) in [6, 6.07) is 3.85. The summed E-state index contributed by atoms with van der Waals surface area (Å²) >= 11 is 7.62. The molecular formula is C12H13ClN4S. The first-order chi connectivity index (χ1) is 8.61. The van der Waals surface area contributed by atoms with Crippen molar-refractivity contribution in [3.8, 4) is 0 Å². The van der Waals surface area contributed by atoms with Crippen LogP contribution in [-0.2, 0) is 7.05 Å². The number of aryl methyl sites for hydroxylation is 2. The van der Waals surface area contributed by atoms with Crippen LogP contribution in [0.4, 0.5) is 0 Å². The van der Waals surface area contributed by atoms with Crippen LogP contribution >= 0.6 is 23.4 Å². The molecule has 1 saturated carbocycles. The van der Waals surface area contributed by atoms with Gasteiger partial charge in [0.05, 0.1) is 5.69 Å². The molecular weight excluding hydrogens is 268 g/mol. The molecule has 1 aliphatic rings. The van der Waals surface area contributed by atoms with Gasteiger partial charge in [0.1, 0.15) is 21.0 Å². The van der Waals surface area contributed by atoms with Crippen molar-refractivity contribution in [1.82, 2.24) is 19.7 Å². The van der Waals surface area contributed by atoms with Gasteiger partial charge in [-0.3, -0.25) is 4.68 Å². The molecule has 0 N–H and O–H groups in total. The molecule has 3 rings (SSSR count). The number of nitrogens with zero attached hydrogens (tertiary/aromatic N) is 4. The number of halogens is 1. The highest BCUT2D eigenvalue weighted by Gasteiger charge is 2.27. The topological polar surface area (TPSA) is 43.6 Å². The van der Waals surface area contributed by atoms with Crippen LogP contribution in [-0.4, -0.2) is 19.7 Å². The summed E-state index contributed by atoms with van der Waals surface area (Å²) in [5, 5.41) is 6.79. The fourth-order valence-corrected chi connectivity index (χ4v) is 2.96. The molecule has 0 radical (unpaired) electrons. The smallest absolute Gasteiger partial charge is 0.134 e. The average Bonchev–Trinajstić information content (AvgIpc) is 3.06. The van der Waals surface area contributed by atoms with Crippen molar-refractivity contribution in [2.75, 3.05) is 0 Å². The van der Waals surface area contributed by atoms with E-state index in [0.717, 1.165) is 21.6 Å². The molecule has 0 aromatic carbocycles. The zero-order valence-electron chi connectivity index (χ0n) is 10.2. The molecule has 0 bridgehead atoms. The van der Waals surface area contributed by atoms with E-state index in [1.165, 1.54) is 12.8 Å². The number of aromatic nitrogens is 4. The summed E-state index contributed by atoms with van der Waals surface area (Å²) in [6.07, 6.45) is 2.35. The van der Waals surface area contributed by atoms with Gasteiger partial charge in [-0.1, -0.05) is 23.4 Å². The SMILES string of the molecule is Cc1cc(Sc2cc(Cl)nc(C3CC3)n2)n(C)n1. The van der Waals surface area contributed by atoms with Crippen LogP contribution in [0.3, 0.4) is 0 Å². The van der Waals surface area contributed by atoms with Gasteiger partial charge >= 0.3 is 0 Å². The molecule has 6 heteroatoms. The molecule has 2 aromatic rings. The van der Waals surface area contributed by atoms with Crippen LogP contribution in [0, 0.1) is 6.92 Å². The lowest BCUT2D eigenvalue weighted by atomic mass is 10.4. The number of hydrogen-bond donors (Lipinski definition) is 0. The maximum absolute atomic E-state index is 6.05. The second-order valence-corrected chi connectivity index (χ2v) is 5.94. The predicted molar refractivity (Wildman–Crippen MR) is 71.1 cm³/mol. The zero-order valence-corrected chi connectivity index (χ0v) is 11.8. The van der Waals surface area contributed by atoms with E-state index in [4.69, 9.17) is 11.6 Å². The standard InChI is InChI=1S/C12H13ClN4S/c1-7-5-11(17(2)16-7)18-10-6-9(13)14-12(15-10)8-3-4-8/h5-6,8H,3-4H2,1-2H3. The maximum atomic E-state index is 6.05. The molecule has 1 aliphatic carbocycles. The molecule has 0 atom stereocenters. The second kappa shape index (κ2) is 4.55. The quantitative estimate of drug-likeness (QED) is 0.810. The summed E-state index contributed by atoms with van der Waals surface area (Å²) in [6.45, 7) is 1.98. The first-order valence-corrected chi connectivity index (χ1v) is 7.04. The molecule has 0 spiro atoms. The lowest BCUT2D eigenvalue weighted by molar-refractivity contribution is 0.691. The van der Waals surface area contributed by atoms with E-state index in [-0.39, 0.29) is 0 Å². The maximum Gasteiger partial charge on any atom is 0.134 e. The number of rotatable bonds is 3. The van der Waals surface area contributed by atoms with Crippen LogP contribution in [0.1, 0.15) is 30.3 Å². The van der Waals surface area contributed by atoms with Gasteiger partial charge in [-0.25, -0.2) is 9.97 Å². The highest BCUT2D eigenvalue weighted by atomic mass is 35.5. The third-order valence-electron chi connectivity index (χ3n) is 2.80. The van der Waals surface area contributed by atoms with Crippen molar-refractivity contribution >= 4 is 23.4 Å². The van der Waals surface area contributed by atoms with Crippen LogP contribution in [0.5, 0.6) is 0 Å². The summed E-state index contributed by atoms with van der Waals surface area (Å²) in [5.74, 6) is 1.39. The minimum atomic E-state index is 0.510. The fraction of sp³-hybridized carbons (Fsp3) is 0.417. The Bertz CT molecular complexity index is 592. The van der Waals surface area contributed by atoms with Gasteiger partial charge < -0.3 is 0 Å². The Morgan fingerprint density at radius 1 is 1.33 bits per heavy atom. The highest BCUT2D eigenvalue weighted by Crippen LogP contribution is 2.39. The van der Waals surface area contributed by atoms with Gasteiger partial charge in [-0.05, 0) is 25.8 Å². The minimum absolute atomic E-state index is 0.510. The van der Waals surface area contributed by atoms with E-state index in [1.54, 1.807) is 17.8 Å². The van der Waals surface area contributed by atoms with E-state index in [1.807, 2.05) is 24.7 Å². The minimum Gasteiger partial charge on any atom is -0.261 e. The molecule has 1 fully saturated rings. The van der Waals surface area contributed by atoms with Crippen LogP contribution in [0.15, 0.2) is 22.2 Å². The summed E-state index contributed by atoms with van der Waals surface area (Å²) in [7, 11) is 1.93. The third kappa shape index (κ3) is 2.52. The molecule has 4 nitrogen and oxygen atoms in total. The molecule has 0 aliphatic heterocycles. The fourth-order valence-electron chi connectivity index (χ4n) is 1.78. The summed E-state index contributed by atoms with van der Waals surface area (Å²) < 4.78 is 1.85. The first kappa shape index (κ1) is 12.0. The molecule has 18 heavy (non-hydrogen) atoms. The summed E-state index contributed by atoms with van der Waals surface area (Å²) in [5.41, 5.74) is 1.00. The predicted octanol–water partition coefficient (Wildman–Crippen LogP) is 3.20. The van der Waals surface area contributed by atoms with Crippen LogP contribution < -0.4 is 0 Å². The van der Waals surface area contributed by atoms with Crippen molar-refractivity contribution in [2.24, 2.45) is 7.05 Å². The van der Waals surface area contributed by atoms with E-state index >= 15 is 0 Å². The van der Waals surface area contributed by atoms with Crippen molar-refractivity contribution in [1.29, 1.82) is 0 Å². The molecule has 94 valence electrons. The average molecular weight is 281 g/mol. The van der Waals surface area contributed by atoms with Crippen molar-refractivity contribution in [3.05, 3.63) is 28.8 Å². The van der Waals surface area contributed by atoms with E-state index in [2.05, 4.69) is 15.1 Å². The third-order valence-corrected chi connectivity index (χ3v) is 4.00. The Hall–Kier alpha value is -1.07. The lowest BCUT2D eigenvalue weighted by Crippen LogP contribution is -1.96. The number of hydrogen-bond acceptors (Lipinski definition) is 4. The molecule has 0 amide bonds. The van der Waals surface area contributed by atoms with E-state index < -0.39 is 0 Å². The Labute approximate surface area is 115 Å². The summed E-state index contributed by atoms with van der Waals surface area (Å²) in [4.78, 5) is 8.85. The second-order valence-electron chi connectivity index (χ2n) is 4.51. The van der Waals surface area contributed by atoms with E-state index in [0.29, 0.717) is 11.1 Å². The monoisotopic (exact) mass is 280 g/mol. The van der Waals surface area contributed by atoms with Gasteiger partial charge in [0.2, 0.25) is 0 Å². The van der Waals surface area contributed by atoms with E-state index in [9.17, 15) is 0 Å². The van der Waals surface area contributed by atoms with Gasteiger partial charge in [-0.15, -0.1) is 0 Å². The normalized spacial score (nSPS) is 15.1. The molecule has 0 unspecified atom stereocenters. The van der Waals surface area contributed by atoms with Crippen molar-refractivity contribution in [2.45, 2.75) is 35.7 Å². The Morgan fingerprint density at radius 2 is 2.11 bits per heavy atom. The largest absolute Gasteiger partial charge is 0.261 e. The van der Waals surface area contributed by atoms with Gasteiger partial charge in [0, 0.05) is 19.0 Å². The van der Waals surface area contributed by atoms with Crippen LogP contribution in [0.2, 0.25) is 5.15 Å². The first-order valence-electron chi connectivity index (χ1n) is 5.85. The molecule has 2 aromatic heterocycles. The Balaban J connectivity index is 1.89. The highest BCUT2D eigenvalue weighted by molar-refractivity contribution is 7.99. The van der Waals surface area contributed by atoms with Crippen molar-refractivity contribution in [3.63, 3.8) is 0 Å². The van der Waals surface area contributed by atoms with Gasteiger partial charge in [0.25, 0.3) is 0 Å². The Kier molecular flexibility index (Phi) is 3.03.